The lowest BCUT2D eigenvalue weighted by Crippen LogP contribution is -2.40. The van der Waals surface area contributed by atoms with Crippen molar-refractivity contribution in [1.82, 2.24) is 24.0 Å². The second kappa shape index (κ2) is 7.07. The number of aromatic nitrogens is 4. The molecule has 2 heterocycles. The highest BCUT2D eigenvalue weighted by atomic mass is 16.3. The third-order valence-electron chi connectivity index (χ3n) is 3.98. The van der Waals surface area contributed by atoms with Crippen molar-refractivity contribution < 1.29 is 10.2 Å². The predicted octanol–water partition coefficient (Wildman–Crippen LogP) is -1.84. The lowest BCUT2D eigenvalue weighted by atomic mass is 10.2. The van der Waals surface area contributed by atoms with Gasteiger partial charge in [0.25, 0.3) is 5.56 Å². The van der Waals surface area contributed by atoms with Crippen molar-refractivity contribution in [2.24, 2.45) is 14.1 Å². The van der Waals surface area contributed by atoms with Crippen LogP contribution in [0.25, 0.3) is 11.2 Å². The zero-order valence-corrected chi connectivity index (χ0v) is 13.6. The van der Waals surface area contributed by atoms with E-state index in [2.05, 4.69) is 10.3 Å². The van der Waals surface area contributed by atoms with Gasteiger partial charge in [0, 0.05) is 26.7 Å². The fourth-order valence-corrected chi connectivity index (χ4v) is 2.47. The number of hydrogen-bond acceptors (Lipinski definition) is 6. The van der Waals surface area contributed by atoms with E-state index in [4.69, 9.17) is 5.11 Å². The number of aryl methyl sites for hydroxylation is 1. The Hall–Kier alpha value is -1.97. The van der Waals surface area contributed by atoms with Gasteiger partial charge in [-0.3, -0.25) is 13.9 Å². The van der Waals surface area contributed by atoms with Crippen LogP contribution in [0.15, 0.2) is 15.9 Å². The van der Waals surface area contributed by atoms with E-state index in [1.807, 2.05) is 6.92 Å². The number of imidazole rings is 1. The molecular weight excluding hydrogens is 302 g/mol. The van der Waals surface area contributed by atoms with E-state index in [-0.39, 0.29) is 31.3 Å². The number of hydrogen-bond donors (Lipinski definition) is 3. The minimum atomic E-state index is -0.755. The average Bonchev–Trinajstić information content (AvgIpc) is 2.95. The molecule has 3 N–H and O–H groups in total. The Morgan fingerprint density at radius 1 is 1.30 bits per heavy atom. The van der Waals surface area contributed by atoms with E-state index in [1.165, 1.54) is 17.9 Å². The third-order valence-corrected chi connectivity index (χ3v) is 3.98. The molecule has 0 unspecified atom stereocenters. The van der Waals surface area contributed by atoms with Crippen LogP contribution >= 0.6 is 0 Å². The molecule has 0 bridgehead atoms. The summed E-state index contributed by atoms with van der Waals surface area (Å²) in [5.74, 6) is 0. The molecule has 0 radical (unpaired) electrons. The third kappa shape index (κ3) is 3.36. The summed E-state index contributed by atoms with van der Waals surface area (Å²) in [6.45, 7) is 2.39. The first-order valence-corrected chi connectivity index (χ1v) is 7.53. The molecule has 0 amide bonds. The molecule has 2 aromatic rings. The Bertz CT molecular complexity index is 787. The van der Waals surface area contributed by atoms with Crippen LogP contribution in [0.1, 0.15) is 13.3 Å². The molecule has 9 heteroatoms. The van der Waals surface area contributed by atoms with Crippen molar-refractivity contribution in [2.45, 2.75) is 32.0 Å². The largest absolute Gasteiger partial charge is 0.395 e. The normalized spacial score (nSPS) is 14.3. The second-order valence-electron chi connectivity index (χ2n) is 5.62. The number of aliphatic hydroxyl groups is 2. The average molecular weight is 325 g/mol. The van der Waals surface area contributed by atoms with Crippen LogP contribution in [0.3, 0.4) is 0 Å². The van der Waals surface area contributed by atoms with Gasteiger partial charge in [-0.2, -0.15) is 0 Å². The molecule has 0 saturated carbocycles. The second-order valence-corrected chi connectivity index (χ2v) is 5.62. The summed E-state index contributed by atoms with van der Waals surface area (Å²) in [5, 5.41) is 22.3. The van der Waals surface area contributed by atoms with E-state index in [0.29, 0.717) is 5.65 Å². The van der Waals surface area contributed by atoms with Crippen molar-refractivity contribution in [3.63, 3.8) is 0 Å². The fourth-order valence-electron chi connectivity index (χ4n) is 2.47. The highest BCUT2D eigenvalue weighted by molar-refractivity contribution is 5.69. The topological polar surface area (TPSA) is 114 Å². The van der Waals surface area contributed by atoms with Gasteiger partial charge in [-0.05, 0) is 6.42 Å². The molecule has 0 aromatic carbocycles. The lowest BCUT2D eigenvalue weighted by Gasteiger charge is -2.18. The van der Waals surface area contributed by atoms with Gasteiger partial charge >= 0.3 is 5.69 Å². The summed E-state index contributed by atoms with van der Waals surface area (Å²) in [6.07, 6.45) is 1.44. The fraction of sp³-hybridized carbons (Fsp3) is 0.643. The van der Waals surface area contributed by atoms with Crippen LogP contribution in [0, 0.1) is 0 Å². The quantitative estimate of drug-likeness (QED) is 0.551. The molecule has 9 nitrogen and oxygen atoms in total. The Kier molecular flexibility index (Phi) is 5.34. The minimum Gasteiger partial charge on any atom is -0.395 e. The summed E-state index contributed by atoms with van der Waals surface area (Å²) < 4.78 is 3.87. The summed E-state index contributed by atoms with van der Waals surface area (Å²) in [7, 11) is 2.96. The smallest absolute Gasteiger partial charge is 0.332 e. The summed E-state index contributed by atoms with van der Waals surface area (Å²) >= 11 is 0. The van der Waals surface area contributed by atoms with Crippen molar-refractivity contribution in [3.05, 3.63) is 27.2 Å². The zero-order chi connectivity index (χ0) is 17.1. The molecule has 0 saturated heterocycles. The monoisotopic (exact) mass is 325 g/mol. The first kappa shape index (κ1) is 17.4. The Morgan fingerprint density at radius 3 is 2.61 bits per heavy atom. The lowest BCUT2D eigenvalue weighted by molar-refractivity contribution is 0.140. The standard InChI is InChI=1S/C14H23N5O4/c1-4-9(7-20)15-5-10(21)6-19-8-16-12-11(19)13(22)18(3)14(23)17(12)2/h8-10,15,20-21H,4-7H2,1-3H3/t9-,10-/m0/s1. The van der Waals surface area contributed by atoms with Crippen LogP contribution in [0.2, 0.25) is 0 Å². The maximum Gasteiger partial charge on any atom is 0.332 e. The first-order chi connectivity index (χ1) is 10.9. The van der Waals surface area contributed by atoms with Gasteiger partial charge in [0.05, 0.1) is 25.6 Å². The Labute approximate surface area is 132 Å². The molecule has 0 aliphatic rings. The van der Waals surface area contributed by atoms with Crippen LogP contribution in [0.5, 0.6) is 0 Å². The number of aliphatic hydroxyl groups excluding tert-OH is 2. The van der Waals surface area contributed by atoms with Gasteiger partial charge in [0.1, 0.15) is 0 Å². The van der Waals surface area contributed by atoms with E-state index in [0.717, 1.165) is 11.0 Å². The maximum atomic E-state index is 12.3. The number of fused-ring (bicyclic) bond motifs is 1. The molecule has 2 aromatic heterocycles. The van der Waals surface area contributed by atoms with Crippen molar-refractivity contribution in [3.8, 4) is 0 Å². The molecule has 0 aliphatic carbocycles. The molecule has 128 valence electrons. The van der Waals surface area contributed by atoms with Crippen molar-refractivity contribution in [1.29, 1.82) is 0 Å². The number of nitrogens with zero attached hydrogens (tertiary/aromatic N) is 4. The molecule has 2 atom stereocenters. The van der Waals surface area contributed by atoms with Gasteiger partial charge in [-0.15, -0.1) is 0 Å². The van der Waals surface area contributed by atoms with Crippen LogP contribution in [0.4, 0.5) is 0 Å². The van der Waals surface area contributed by atoms with Crippen LogP contribution in [-0.4, -0.2) is 54.2 Å². The van der Waals surface area contributed by atoms with Crippen molar-refractivity contribution in [2.75, 3.05) is 13.2 Å². The van der Waals surface area contributed by atoms with Crippen LogP contribution in [-0.2, 0) is 20.6 Å². The van der Waals surface area contributed by atoms with E-state index in [1.54, 1.807) is 11.6 Å². The van der Waals surface area contributed by atoms with Gasteiger partial charge in [-0.1, -0.05) is 6.92 Å². The summed E-state index contributed by atoms with van der Waals surface area (Å²) in [5.41, 5.74) is -0.311. The zero-order valence-electron chi connectivity index (χ0n) is 13.6. The van der Waals surface area contributed by atoms with Crippen LogP contribution < -0.4 is 16.6 Å². The highest BCUT2D eigenvalue weighted by Gasteiger charge is 2.16. The minimum absolute atomic E-state index is 0.000119. The van der Waals surface area contributed by atoms with E-state index >= 15 is 0 Å². The van der Waals surface area contributed by atoms with Gasteiger partial charge in [0.15, 0.2) is 11.2 Å². The highest BCUT2D eigenvalue weighted by Crippen LogP contribution is 2.06. The first-order valence-electron chi connectivity index (χ1n) is 7.53. The molecule has 2 rings (SSSR count). The Morgan fingerprint density at radius 2 is 2.00 bits per heavy atom. The van der Waals surface area contributed by atoms with E-state index in [9.17, 15) is 14.7 Å². The predicted molar refractivity (Wildman–Crippen MR) is 85.4 cm³/mol. The SMILES string of the molecule is CC[C@@H](CO)NC[C@H](O)Cn1cnc2c1c(=O)n(C)c(=O)n2C. The molecule has 0 fully saturated rings. The summed E-state index contributed by atoms with van der Waals surface area (Å²) in [6, 6.07) is -0.0714. The molecule has 0 spiro atoms. The Balaban J connectivity index is 2.25. The summed E-state index contributed by atoms with van der Waals surface area (Å²) in [4.78, 5) is 28.3. The molecule has 23 heavy (non-hydrogen) atoms. The number of rotatable bonds is 7. The van der Waals surface area contributed by atoms with Gasteiger partial charge in [-0.25, -0.2) is 9.78 Å². The maximum absolute atomic E-state index is 12.3. The van der Waals surface area contributed by atoms with E-state index < -0.39 is 17.4 Å². The van der Waals surface area contributed by atoms with Crippen molar-refractivity contribution >= 4 is 11.2 Å². The van der Waals surface area contributed by atoms with Gasteiger partial charge in [0.2, 0.25) is 0 Å². The molecular formula is C14H23N5O4. The number of nitrogens with one attached hydrogen (secondary N) is 1. The molecule has 0 aliphatic heterocycles. The van der Waals surface area contributed by atoms with Gasteiger partial charge < -0.3 is 20.1 Å².